The van der Waals surface area contributed by atoms with E-state index in [-0.39, 0.29) is 0 Å². The molecule has 0 amide bonds. The van der Waals surface area contributed by atoms with Crippen LogP contribution in [0, 0.1) is 0 Å². The minimum atomic E-state index is -1.28. The van der Waals surface area contributed by atoms with Crippen molar-refractivity contribution in [1.29, 1.82) is 0 Å². The zero-order valence-electron chi connectivity index (χ0n) is 5.73. The molecule has 0 aliphatic heterocycles. The number of nitrogens with zero attached hydrogens (tertiary/aromatic N) is 1. The van der Waals surface area contributed by atoms with E-state index in [1.54, 1.807) is 24.3 Å². The summed E-state index contributed by atoms with van der Waals surface area (Å²) in [6.07, 6.45) is 0.759. The number of aliphatic carboxylic acids is 1. The van der Waals surface area contributed by atoms with E-state index in [0.717, 1.165) is 6.21 Å². The minimum Gasteiger partial charge on any atom is -0.544 e. The van der Waals surface area contributed by atoms with Gasteiger partial charge in [-0.1, -0.05) is 18.2 Å². The van der Waals surface area contributed by atoms with E-state index in [1.165, 1.54) is 0 Å². The zero-order valence-corrected chi connectivity index (χ0v) is 5.73. The summed E-state index contributed by atoms with van der Waals surface area (Å²) in [5, 5.41) is 9.91. The lowest BCUT2D eigenvalue weighted by Gasteiger charge is -1.91. The normalized spacial score (nSPS) is 10.2. The second-order valence-electron chi connectivity index (χ2n) is 1.91. The number of carbonyl (C=O) groups is 1. The first kappa shape index (κ1) is 7.47. The van der Waals surface area contributed by atoms with E-state index in [1.807, 2.05) is 6.07 Å². The smallest absolute Gasteiger partial charge is 0.0826 e. The molecular formula is C8H6NO2-. The summed E-state index contributed by atoms with van der Waals surface area (Å²) in [7, 11) is 0. The third-order valence-corrected chi connectivity index (χ3v) is 1.08. The van der Waals surface area contributed by atoms with Gasteiger partial charge in [0.2, 0.25) is 0 Å². The van der Waals surface area contributed by atoms with Crippen LogP contribution in [-0.4, -0.2) is 12.2 Å². The van der Waals surface area contributed by atoms with Gasteiger partial charge in [-0.15, -0.1) is 0 Å². The summed E-state index contributed by atoms with van der Waals surface area (Å²) in [6, 6.07) is 8.81. The molecule has 0 atom stereocenters. The Labute approximate surface area is 64.0 Å². The molecule has 0 N–H and O–H groups in total. The quantitative estimate of drug-likeness (QED) is 0.560. The van der Waals surface area contributed by atoms with Crippen LogP contribution in [0.25, 0.3) is 0 Å². The average molecular weight is 148 g/mol. The van der Waals surface area contributed by atoms with Crippen LogP contribution in [0.1, 0.15) is 0 Å². The number of rotatable bonds is 2. The van der Waals surface area contributed by atoms with Crippen molar-refractivity contribution in [2.24, 2.45) is 4.99 Å². The van der Waals surface area contributed by atoms with Gasteiger partial charge in [0.15, 0.2) is 0 Å². The monoisotopic (exact) mass is 148 g/mol. The van der Waals surface area contributed by atoms with Gasteiger partial charge in [0.25, 0.3) is 0 Å². The number of hydrogen-bond donors (Lipinski definition) is 0. The van der Waals surface area contributed by atoms with Gasteiger partial charge in [0.1, 0.15) is 0 Å². The molecule has 0 bridgehead atoms. The van der Waals surface area contributed by atoms with Crippen molar-refractivity contribution < 1.29 is 9.90 Å². The van der Waals surface area contributed by atoms with Crippen LogP contribution in [0.15, 0.2) is 35.3 Å². The first-order valence-corrected chi connectivity index (χ1v) is 3.09. The fraction of sp³-hybridized carbons (Fsp3) is 0. The fourth-order valence-electron chi connectivity index (χ4n) is 0.641. The lowest BCUT2D eigenvalue weighted by molar-refractivity contribution is -0.293. The van der Waals surface area contributed by atoms with Crippen LogP contribution >= 0.6 is 0 Å². The molecule has 0 saturated carbocycles. The zero-order chi connectivity index (χ0) is 8.10. The second kappa shape index (κ2) is 3.51. The van der Waals surface area contributed by atoms with Crippen LogP contribution < -0.4 is 5.11 Å². The van der Waals surface area contributed by atoms with E-state index < -0.39 is 5.97 Å². The molecular weight excluding hydrogens is 142 g/mol. The topological polar surface area (TPSA) is 52.5 Å². The summed E-state index contributed by atoms with van der Waals surface area (Å²) in [5.41, 5.74) is 0.608. The molecule has 56 valence electrons. The molecule has 3 heteroatoms. The van der Waals surface area contributed by atoms with Crippen molar-refractivity contribution in [3.05, 3.63) is 30.3 Å². The predicted molar refractivity (Wildman–Crippen MR) is 39.6 cm³/mol. The maximum absolute atomic E-state index is 9.91. The van der Waals surface area contributed by atoms with Gasteiger partial charge in [-0.05, 0) is 12.1 Å². The van der Waals surface area contributed by atoms with Crippen molar-refractivity contribution in [3.63, 3.8) is 0 Å². The molecule has 0 aliphatic rings. The van der Waals surface area contributed by atoms with Gasteiger partial charge in [-0.2, -0.15) is 0 Å². The van der Waals surface area contributed by atoms with Gasteiger partial charge in [-0.25, -0.2) is 0 Å². The highest BCUT2D eigenvalue weighted by Gasteiger charge is 1.81. The molecule has 11 heavy (non-hydrogen) atoms. The number of para-hydroxylation sites is 1. The van der Waals surface area contributed by atoms with E-state index in [0.29, 0.717) is 5.69 Å². The van der Waals surface area contributed by atoms with Gasteiger partial charge in [-0.3, -0.25) is 4.99 Å². The maximum atomic E-state index is 9.91. The number of carboxylic acids is 1. The van der Waals surface area contributed by atoms with Gasteiger partial charge in [0.05, 0.1) is 17.9 Å². The highest BCUT2D eigenvalue weighted by Crippen LogP contribution is 2.07. The third-order valence-electron chi connectivity index (χ3n) is 1.08. The fourth-order valence-corrected chi connectivity index (χ4v) is 0.641. The van der Waals surface area contributed by atoms with E-state index in [9.17, 15) is 9.90 Å². The highest BCUT2D eigenvalue weighted by molar-refractivity contribution is 6.21. The first-order valence-electron chi connectivity index (χ1n) is 3.09. The summed E-state index contributed by atoms with van der Waals surface area (Å²) >= 11 is 0. The number of hydrogen-bond acceptors (Lipinski definition) is 3. The van der Waals surface area contributed by atoms with E-state index >= 15 is 0 Å². The lowest BCUT2D eigenvalue weighted by Crippen LogP contribution is -2.22. The highest BCUT2D eigenvalue weighted by atomic mass is 16.4. The molecule has 0 aromatic heterocycles. The Morgan fingerprint density at radius 2 is 2.00 bits per heavy atom. The average Bonchev–Trinajstić information content (AvgIpc) is 2.03. The van der Waals surface area contributed by atoms with Crippen molar-refractivity contribution in [1.82, 2.24) is 0 Å². The molecule has 1 rings (SSSR count). The van der Waals surface area contributed by atoms with Gasteiger partial charge in [0, 0.05) is 0 Å². The van der Waals surface area contributed by atoms with E-state index in [4.69, 9.17) is 0 Å². The molecule has 1 aromatic carbocycles. The lowest BCUT2D eigenvalue weighted by atomic mass is 10.3. The molecule has 0 aliphatic carbocycles. The minimum absolute atomic E-state index is 0.608. The molecule has 0 spiro atoms. The van der Waals surface area contributed by atoms with E-state index in [2.05, 4.69) is 4.99 Å². The number of aliphatic imine (C=N–C) groups is 1. The SMILES string of the molecule is O=C([O-])C=Nc1ccccc1. The van der Waals surface area contributed by atoms with Crippen molar-refractivity contribution in [2.45, 2.75) is 0 Å². The van der Waals surface area contributed by atoms with Crippen molar-refractivity contribution in [3.8, 4) is 0 Å². The predicted octanol–water partition coefficient (Wildman–Crippen LogP) is 0.139. The molecule has 0 fully saturated rings. The maximum Gasteiger partial charge on any atom is 0.0826 e. The molecule has 0 radical (unpaired) electrons. The van der Waals surface area contributed by atoms with Crippen LogP contribution in [-0.2, 0) is 4.79 Å². The van der Waals surface area contributed by atoms with Crippen molar-refractivity contribution in [2.75, 3.05) is 0 Å². The molecule has 1 aromatic rings. The number of carbonyl (C=O) groups excluding carboxylic acids is 1. The third kappa shape index (κ3) is 2.62. The Kier molecular flexibility index (Phi) is 2.38. The van der Waals surface area contributed by atoms with Gasteiger partial charge >= 0.3 is 0 Å². The number of benzene rings is 1. The Morgan fingerprint density at radius 3 is 2.55 bits per heavy atom. The summed E-state index contributed by atoms with van der Waals surface area (Å²) < 4.78 is 0. The Bertz CT molecular complexity index is 267. The Morgan fingerprint density at radius 1 is 1.36 bits per heavy atom. The standard InChI is InChI=1S/C8H7NO2/c10-8(11)6-9-7-4-2-1-3-5-7/h1-6H,(H,10,11)/p-1. The molecule has 3 nitrogen and oxygen atoms in total. The Hall–Kier alpha value is -1.64. The summed E-state index contributed by atoms with van der Waals surface area (Å²) in [4.78, 5) is 13.5. The van der Waals surface area contributed by atoms with Gasteiger partial charge < -0.3 is 9.90 Å². The largest absolute Gasteiger partial charge is 0.544 e. The van der Waals surface area contributed by atoms with Crippen LogP contribution in [0.3, 0.4) is 0 Å². The first-order chi connectivity index (χ1) is 5.29. The van der Waals surface area contributed by atoms with Crippen LogP contribution in [0.5, 0.6) is 0 Å². The summed E-state index contributed by atoms with van der Waals surface area (Å²) in [5.74, 6) is -1.28. The molecule has 0 saturated heterocycles. The second-order valence-corrected chi connectivity index (χ2v) is 1.91. The summed E-state index contributed by atoms with van der Waals surface area (Å²) in [6.45, 7) is 0. The van der Waals surface area contributed by atoms with Crippen molar-refractivity contribution >= 4 is 17.9 Å². The molecule has 0 unspecified atom stereocenters. The van der Waals surface area contributed by atoms with Crippen LogP contribution in [0.4, 0.5) is 5.69 Å². The van der Waals surface area contributed by atoms with Crippen LogP contribution in [0.2, 0.25) is 0 Å². The number of carboxylic acid groups (broad SMARTS) is 1. The molecule has 0 heterocycles. The Balaban J connectivity index is 2.72.